The van der Waals surface area contributed by atoms with Crippen molar-refractivity contribution in [3.8, 4) is 5.88 Å². The third-order valence-electron chi connectivity index (χ3n) is 3.10. The quantitative estimate of drug-likeness (QED) is 0.540. The Bertz CT molecular complexity index is 689. The standard InChI is InChI=1S/C17H20F2N2O3S/c1-11(2)23-9-13(8-22)24-15-6-7-20-17(21-15)25-10-12-4-3-5-14(18)16(12)19/h3-7,11,13,22H,8-10H2,1-2H3/t13-/m0/s1. The molecule has 1 atom stereocenters. The summed E-state index contributed by atoms with van der Waals surface area (Å²) < 4.78 is 37.9. The highest BCUT2D eigenvalue weighted by atomic mass is 32.2. The number of aromatic nitrogens is 2. The molecule has 2 rings (SSSR count). The lowest BCUT2D eigenvalue weighted by molar-refractivity contribution is -0.00717. The van der Waals surface area contributed by atoms with Gasteiger partial charge in [0.15, 0.2) is 16.8 Å². The molecule has 1 aromatic heterocycles. The van der Waals surface area contributed by atoms with Crippen molar-refractivity contribution in [3.63, 3.8) is 0 Å². The molecular weight excluding hydrogens is 350 g/mol. The van der Waals surface area contributed by atoms with Gasteiger partial charge in [0, 0.05) is 23.6 Å². The monoisotopic (exact) mass is 370 g/mol. The Morgan fingerprint density at radius 3 is 2.76 bits per heavy atom. The maximum atomic E-state index is 13.7. The van der Waals surface area contributed by atoms with Crippen LogP contribution in [0.2, 0.25) is 0 Å². The minimum absolute atomic E-state index is 0.0235. The largest absolute Gasteiger partial charge is 0.469 e. The van der Waals surface area contributed by atoms with Gasteiger partial charge in [-0.3, -0.25) is 0 Å². The molecule has 1 N–H and O–H groups in total. The van der Waals surface area contributed by atoms with Crippen molar-refractivity contribution in [1.29, 1.82) is 0 Å². The second-order valence-electron chi connectivity index (χ2n) is 5.48. The predicted octanol–water partition coefficient (Wildman–Crippen LogP) is 3.21. The first kappa shape index (κ1) is 19.6. The molecular formula is C17H20F2N2O3S. The number of hydrogen-bond donors (Lipinski definition) is 1. The van der Waals surface area contributed by atoms with Crippen LogP contribution in [0.3, 0.4) is 0 Å². The van der Waals surface area contributed by atoms with Crippen LogP contribution < -0.4 is 4.74 Å². The molecule has 8 heteroatoms. The Labute approximate surface area is 149 Å². The van der Waals surface area contributed by atoms with Gasteiger partial charge >= 0.3 is 0 Å². The molecule has 0 amide bonds. The Morgan fingerprint density at radius 1 is 1.24 bits per heavy atom. The third-order valence-corrected chi connectivity index (χ3v) is 4.01. The number of benzene rings is 1. The summed E-state index contributed by atoms with van der Waals surface area (Å²) in [6.07, 6.45) is 0.982. The number of nitrogens with zero attached hydrogens (tertiary/aromatic N) is 2. The molecule has 0 bridgehead atoms. The fourth-order valence-electron chi connectivity index (χ4n) is 1.86. The first-order valence-corrected chi connectivity index (χ1v) is 8.76. The number of ether oxygens (including phenoxy) is 2. The number of rotatable bonds is 9. The van der Waals surface area contributed by atoms with Crippen LogP contribution in [-0.2, 0) is 10.5 Å². The van der Waals surface area contributed by atoms with Crippen molar-refractivity contribution >= 4 is 11.8 Å². The topological polar surface area (TPSA) is 64.5 Å². The zero-order chi connectivity index (χ0) is 18.2. The fourth-order valence-corrected chi connectivity index (χ4v) is 2.65. The summed E-state index contributed by atoms with van der Waals surface area (Å²) in [4.78, 5) is 8.28. The van der Waals surface area contributed by atoms with E-state index in [9.17, 15) is 13.9 Å². The molecule has 0 aliphatic carbocycles. The van der Waals surface area contributed by atoms with Gasteiger partial charge in [-0.05, 0) is 19.9 Å². The molecule has 0 saturated heterocycles. The minimum Gasteiger partial charge on any atom is -0.469 e. The summed E-state index contributed by atoms with van der Waals surface area (Å²) >= 11 is 1.16. The average Bonchev–Trinajstić information content (AvgIpc) is 2.60. The van der Waals surface area contributed by atoms with E-state index in [0.29, 0.717) is 5.16 Å². The minimum atomic E-state index is -0.882. The Hall–Kier alpha value is -1.77. The van der Waals surface area contributed by atoms with Crippen LogP contribution in [0, 0.1) is 11.6 Å². The van der Waals surface area contributed by atoms with Crippen molar-refractivity contribution in [2.45, 2.75) is 37.0 Å². The lowest BCUT2D eigenvalue weighted by Gasteiger charge is -2.17. The first-order valence-electron chi connectivity index (χ1n) is 7.77. The van der Waals surface area contributed by atoms with Gasteiger partial charge in [-0.25, -0.2) is 13.8 Å². The van der Waals surface area contributed by atoms with Gasteiger partial charge in [0.2, 0.25) is 5.88 Å². The van der Waals surface area contributed by atoms with E-state index in [-0.39, 0.29) is 36.5 Å². The van der Waals surface area contributed by atoms with Gasteiger partial charge in [0.05, 0.1) is 19.3 Å². The van der Waals surface area contributed by atoms with E-state index in [0.717, 1.165) is 17.8 Å². The molecule has 0 fully saturated rings. The summed E-state index contributed by atoms with van der Waals surface area (Å²) in [5.74, 6) is -1.28. The lowest BCUT2D eigenvalue weighted by Crippen LogP contribution is -2.28. The Balaban J connectivity index is 1.97. The Kier molecular flexibility index (Phi) is 7.54. The molecule has 0 spiro atoms. The molecule has 5 nitrogen and oxygen atoms in total. The van der Waals surface area contributed by atoms with Crippen molar-refractivity contribution in [3.05, 3.63) is 47.7 Å². The number of aliphatic hydroxyl groups excluding tert-OH is 1. The number of halogens is 2. The number of thioether (sulfide) groups is 1. The molecule has 0 saturated carbocycles. The summed E-state index contributed by atoms with van der Waals surface area (Å²) in [5.41, 5.74) is 0.235. The van der Waals surface area contributed by atoms with Crippen LogP contribution in [0.5, 0.6) is 5.88 Å². The van der Waals surface area contributed by atoms with Crippen LogP contribution >= 0.6 is 11.8 Å². The smallest absolute Gasteiger partial charge is 0.217 e. The summed E-state index contributed by atoms with van der Waals surface area (Å²) in [6, 6.07) is 5.60. The fraction of sp³-hybridized carbons (Fsp3) is 0.412. The first-order chi connectivity index (χ1) is 12.0. The number of hydrogen-bond acceptors (Lipinski definition) is 6. The highest BCUT2D eigenvalue weighted by molar-refractivity contribution is 7.98. The van der Waals surface area contributed by atoms with E-state index >= 15 is 0 Å². The van der Waals surface area contributed by atoms with E-state index in [1.54, 1.807) is 6.07 Å². The molecule has 0 radical (unpaired) electrons. The Morgan fingerprint density at radius 2 is 2.04 bits per heavy atom. The zero-order valence-corrected chi connectivity index (χ0v) is 14.8. The van der Waals surface area contributed by atoms with Crippen molar-refractivity contribution in [2.75, 3.05) is 13.2 Å². The average molecular weight is 370 g/mol. The summed E-state index contributed by atoms with van der Waals surface area (Å²) in [6.45, 7) is 3.79. The van der Waals surface area contributed by atoms with Gasteiger partial charge in [0.1, 0.15) is 6.10 Å². The second-order valence-corrected chi connectivity index (χ2v) is 6.43. The van der Waals surface area contributed by atoms with E-state index in [4.69, 9.17) is 9.47 Å². The SMILES string of the molecule is CC(C)OC[C@H](CO)Oc1ccnc(SCc2cccc(F)c2F)n1. The second kappa shape index (κ2) is 9.65. The van der Waals surface area contributed by atoms with E-state index < -0.39 is 17.7 Å². The molecule has 136 valence electrons. The lowest BCUT2D eigenvalue weighted by atomic mass is 10.2. The van der Waals surface area contributed by atoms with Crippen LogP contribution in [0.4, 0.5) is 8.78 Å². The summed E-state index contributed by atoms with van der Waals surface area (Å²) in [7, 11) is 0. The molecule has 1 heterocycles. The van der Waals surface area contributed by atoms with Gasteiger partial charge in [-0.15, -0.1) is 0 Å². The summed E-state index contributed by atoms with van der Waals surface area (Å²) in [5, 5.41) is 9.71. The molecule has 1 aromatic carbocycles. The van der Waals surface area contributed by atoms with E-state index in [1.165, 1.54) is 18.3 Å². The van der Waals surface area contributed by atoms with Crippen molar-refractivity contribution in [2.24, 2.45) is 0 Å². The van der Waals surface area contributed by atoms with Gasteiger partial charge in [0.25, 0.3) is 0 Å². The maximum Gasteiger partial charge on any atom is 0.217 e. The van der Waals surface area contributed by atoms with Crippen LogP contribution in [-0.4, -0.2) is 40.5 Å². The molecule has 0 aliphatic heterocycles. The predicted molar refractivity (Wildman–Crippen MR) is 90.5 cm³/mol. The highest BCUT2D eigenvalue weighted by Gasteiger charge is 2.13. The van der Waals surface area contributed by atoms with Crippen molar-refractivity contribution in [1.82, 2.24) is 9.97 Å². The van der Waals surface area contributed by atoms with Crippen LogP contribution in [0.1, 0.15) is 19.4 Å². The highest BCUT2D eigenvalue weighted by Crippen LogP contribution is 2.23. The van der Waals surface area contributed by atoms with Gasteiger partial charge in [-0.2, -0.15) is 4.98 Å². The van der Waals surface area contributed by atoms with E-state index in [2.05, 4.69) is 9.97 Å². The maximum absolute atomic E-state index is 13.7. The van der Waals surface area contributed by atoms with Gasteiger partial charge < -0.3 is 14.6 Å². The molecule has 2 aromatic rings. The third kappa shape index (κ3) is 6.22. The number of aliphatic hydroxyl groups is 1. The van der Waals surface area contributed by atoms with Crippen molar-refractivity contribution < 1.29 is 23.4 Å². The zero-order valence-electron chi connectivity index (χ0n) is 14.0. The van der Waals surface area contributed by atoms with Gasteiger partial charge in [-0.1, -0.05) is 23.9 Å². The van der Waals surface area contributed by atoms with Crippen LogP contribution in [0.25, 0.3) is 0 Å². The molecule has 0 unspecified atom stereocenters. The normalized spacial score (nSPS) is 12.4. The van der Waals surface area contributed by atoms with Crippen LogP contribution in [0.15, 0.2) is 35.6 Å². The van der Waals surface area contributed by atoms with E-state index in [1.807, 2.05) is 13.8 Å². The molecule has 0 aliphatic rings. The molecule has 25 heavy (non-hydrogen) atoms.